The first-order valence-electron chi connectivity index (χ1n) is 12.8. The van der Waals surface area contributed by atoms with Gasteiger partial charge in [0, 0.05) is 17.3 Å². The third kappa shape index (κ3) is 6.69. The predicted molar refractivity (Wildman–Crippen MR) is 147 cm³/mol. The highest BCUT2D eigenvalue weighted by Crippen LogP contribution is 2.52. The van der Waals surface area contributed by atoms with E-state index in [-0.39, 0.29) is 47.9 Å². The molecule has 10 heteroatoms. The van der Waals surface area contributed by atoms with Crippen LogP contribution >= 0.6 is 20.8 Å². The van der Waals surface area contributed by atoms with Crippen molar-refractivity contribution in [3.63, 3.8) is 0 Å². The number of hydrogen-bond donors (Lipinski definition) is 1. The van der Waals surface area contributed by atoms with E-state index in [9.17, 15) is 4.79 Å². The van der Waals surface area contributed by atoms with Crippen LogP contribution in [-0.2, 0) is 31.2 Å². The van der Waals surface area contributed by atoms with Gasteiger partial charge in [-0.05, 0) is 42.2 Å². The lowest BCUT2D eigenvalue weighted by Crippen LogP contribution is -2.28. The van der Waals surface area contributed by atoms with Crippen LogP contribution in [0.4, 0.5) is 4.39 Å². The number of aryl methyl sites for hydroxylation is 1. The normalized spacial score (nSPS) is 21.6. The molecule has 4 rings (SSSR count). The molecule has 1 aromatic carbocycles. The molecule has 0 bridgehead atoms. The fourth-order valence-electron chi connectivity index (χ4n) is 4.27. The van der Waals surface area contributed by atoms with E-state index in [1.54, 1.807) is 6.20 Å². The molecule has 3 atom stereocenters. The zero-order valence-electron chi connectivity index (χ0n) is 23.4. The molecule has 2 aliphatic rings. The number of rotatable bonds is 4. The molecule has 0 aliphatic carbocycles. The molecular formula is C27H40FN2O5PS. The summed E-state index contributed by atoms with van der Waals surface area (Å²) in [4.78, 5) is 15.0. The van der Waals surface area contributed by atoms with Crippen molar-refractivity contribution in [2.45, 2.75) is 105 Å². The first-order valence-corrected chi connectivity index (χ1v) is 14.3. The number of H-pyrrole nitrogens is 1. The maximum Gasteiger partial charge on any atom is 0.397 e. The van der Waals surface area contributed by atoms with Crippen molar-refractivity contribution in [1.82, 2.24) is 9.55 Å². The van der Waals surface area contributed by atoms with Crippen molar-refractivity contribution in [3.05, 3.63) is 55.5 Å². The smallest absolute Gasteiger partial charge is 0.397 e. The van der Waals surface area contributed by atoms with Crippen LogP contribution in [0.25, 0.3) is 0 Å². The molecule has 0 saturated carbocycles. The Bertz CT molecular complexity index is 1230. The quantitative estimate of drug-likeness (QED) is 0.312. The van der Waals surface area contributed by atoms with Crippen molar-refractivity contribution in [1.29, 1.82) is 0 Å². The van der Waals surface area contributed by atoms with Crippen LogP contribution in [0.3, 0.4) is 0 Å². The topological polar surface area (TPSA) is 74.7 Å². The maximum absolute atomic E-state index is 15.4. The van der Waals surface area contributed by atoms with Gasteiger partial charge < -0.3 is 9.26 Å². The molecular weight excluding hydrogens is 514 g/mol. The number of halogens is 1. The van der Waals surface area contributed by atoms with Crippen molar-refractivity contribution >= 4 is 20.8 Å². The lowest BCUT2D eigenvalue weighted by atomic mass is 9.78. The van der Waals surface area contributed by atoms with Crippen LogP contribution in [0.15, 0.2) is 17.1 Å². The van der Waals surface area contributed by atoms with Crippen molar-refractivity contribution in [3.8, 4) is 5.75 Å². The highest BCUT2D eigenvalue weighted by atomic mass is 32.1. The fraction of sp³-hybridized carbons (Fsp3) is 0.630. The number of fused-ring (bicyclic) bond motifs is 1. The minimum atomic E-state index is -1.71. The summed E-state index contributed by atoms with van der Waals surface area (Å²) in [6.07, 6.45) is 2.52. The molecule has 3 heterocycles. The van der Waals surface area contributed by atoms with Gasteiger partial charge in [0.25, 0.3) is 0 Å². The van der Waals surface area contributed by atoms with E-state index in [0.29, 0.717) is 27.9 Å². The standard InChI is InChI=1S/C25H34FN2O5PS.C2H6/c1-14-11-28(23(29)27-22(14)35)19-9-8-15(32-19)12-30-34-31-13-16-20(26)17(24(2,3)4)10-18(21(16)33-34)25(5,6)7;1-2/h10-11,15,19H,8-9,12-13H2,1-7H3,(H,27,29,35);1-2H3. The lowest BCUT2D eigenvalue weighted by Gasteiger charge is -2.33. The number of hydrogen-bond acceptors (Lipinski definition) is 6. The summed E-state index contributed by atoms with van der Waals surface area (Å²) in [6.45, 7) is 18.4. The van der Waals surface area contributed by atoms with Crippen LogP contribution in [0.1, 0.15) is 96.7 Å². The second kappa shape index (κ2) is 11.6. The van der Waals surface area contributed by atoms with Gasteiger partial charge in [-0.1, -0.05) is 67.6 Å². The Morgan fingerprint density at radius 3 is 2.43 bits per heavy atom. The van der Waals surface area contributed by atoms with Gasteiger partial charge in [0.05, 0.1) is 24.9 Å². The summed E-state index contributed by atoms with van der Waals surface area (Å²) in [7, 11) is -1.71. The zero-order valence-corrected chi connectivity index (χ0v) is 25.1. The SMILES string of the molecule is CC.Cc1cn(C2CCC(COP3OCc4c(F)c(C(C)(C)C)cc(C(C)(C)C)c4O3)O2)c(=O)[nH]c1=S. The molecule has 2 aromatic rings. The third-order valence-corrected chi connectivity index (χ3v) is 7.77. The van der Waals surface area contributed by atoms with Gasteiger partial charge in [-0.3, -0.25) is 18.6 Å². The molecule has 0 amide bonds. The number of aromatic nitrogens is 2. The molecule has 7 nitrogen and oxygen atoms in total. The van der Waals surface area contributed by atoms with Crippen LogP contribution in [-0.4, -0.2) is 22.3 Å². The summed E-state index contributed by atoms with van der Waals surface area (Å²) in [5.74, 6) is 0.243. The minimum Gasteiger partial charge on any atom is -0.426 e. The Morgan fingerprint density at radius 2 is 1.81 bits per heavy atom. The van der Waals surface area contributed by atoms with Gasteiger partial charge >= 0.3 is 14.3 Å². The molecule has 0 spiro atoms. The highest BCUT2D eigenvalue weighted by molar-refractivity contribution is 7.71. The summed E-state index contributed by atoms with van der Waals surface area (Å²) >= 11 is 5.13. The molecule has 206 valence electrons. The second-order valence-corrected chi connectivity index (χ2v) is 12.8. The van der Waals surface area contributed by atoms with Gasteiger partial charge in [0.15, 0.2) is 0 Å². The molecule has 1 saturated heterocycles. The monoisotopic (exact) mass is 554 g/mol. The Kier molecular flexibility index (Phi) is 9.39. The number of benzene rings is 1. The molecule has 2 aliphatic heterocycles. The first kappa shape index (κ1) is 29.9. The molecule has 0 radical (unpaired) electrons. The minimum absolute atomic E-state index is 0.0892. The van der Waals surface area contributed by atoms with Gasteiger partial charge in [-0.25, -0.2) is 9.18 Å². The number of nitrogens with one attached hydrogen (secondary N) is 1. The van der Waals surface area contributed by atoms with Crippen molar-refractivity contribution < 1.29 is 22.7 Å². The average Bonchev–Trinajstić information content (AvgIpc) is 3.28. The van der Waals surface area contributed by atoms with Crippen molar-refractivity contribution in [2.24, 2.45) is 0 Å². The van der Waals surface area contributed by atoms with Crippen LogP contribution in [0.2, 0.25) is 0 Å². The third-order valence-electron chi connectivity index (χ3n) is 6.31. The molecule has 1 fully saturated rings. The second-order valence-electron chi connectivity index (χ2n) is 11.2. The lowest BCUT2D eigenvalue weighted by molar-refractivity contribution is -0.0230. The van der Waals surface area contributed by atoms with Crippen molar-refractivity contribution in [2.75, 3.05) is 6.61 Å². The van der Waals surface area contributed by atoms with E-state index < -0.39 is 8.60 Å². The van der Waals surface area contributed by atoms with E-state index in [4.69, 9.17) is 30.5 Å². The van der Waals surface area contributed by atoms with E-state index in [0.717, 1.165) is 17.5 Å². The summed E-state index contributed by atoms with van der Waals surface area (Å²) in [5.41, 5.74) is 1.95. The Balaban J connectivity index is 0.00000186. The maximum atomic E-state index is 15.4. The van der Waals surface area contributed by atoms with E-state index >= 15 is 4.39 Å². The molecule has 3 unspecified atom stereocenters. The molecule has 1 aromatic heterocycles. The summed E-state index contributed by atoms with van der Waals surface area (Å²) in [5, 5.41) is 0. The molecule has 37 heavy (non-hydrogen) atoms. The summed E-state index contributed by atoms with van der Waals surface area (Å²) < 4.78 is 41.3. The van der Waals surface area contributed by atoms with Gasteiger partial charge in [0.2, 0.25) is 0 Å². The van der Waals surface area contributed by atoms with Crippen LogP contribution < -0.4 is 10.2 Å². The van der Waals surface area contributed by atoms with Crippen LogP contribution in [0, 0.1) is 17.4 Å². The predicted octanol–water partition coefficient (Wildman–Crippen LogP) is 7.50. The zero-order chi connectivity index (χ0) is 27.7. The largest absolute Gasteiger partial charge is 0.426 e. The molecule has 1 N–H and O–H groups in total. The number of ether oxygens (including phenoxy) is 1. The van der Waals surface area contributed by atoms with E-state index in [2.05, 4.69) is 25.8 Å². The highest BCUT2D eigenvalue weighted by Gasteiger charge is 2.36. The first-order chi connectivity index (χ1) is 17.3. The summed E-state index contributed by atoms with van der Waals surface area (Å²) in [6, 6.07) is 1.92. The van der Waals surface area contributed by atoms with Gasteiger partial charge in [-0.2, -0.15) is 0 Å². The van der Waals surface area contributed by atoms with E-state index in [1.807, 2.05) is 47.6 Å². The van der Waals surface area contributed by atoms with Gasteiger partial charge in [0.1, 0.15) is 22.4 Å². The van der Waals surface area contributed by atoms with Gasteiger partial charge in [-0.15, -0.1) is 0 Å². The van der Waals surface area contributed by atoms with E-state index in [1.165, 1.54) is 4.57 Å². The number of aromatic amines is 1. The Morgan fingerprint density at radius 1 is 1.16 bits per heavy atom. The van der Waals surface area contributed by atoms with Crippen LogP contribution in [0.5, 0.6) is 5.75 Å². The fourth-order valence-corrected chi connectivity index (χ4v) is 5.47. The Labute approximate surface area is 225 Å². The number of nitrogens with zero attached hydrogens (tertiary/aromatic N) is 1. The Hall–Kier alpha value is -1.64. The average molecular weight is 555 g/mol.